The quantitative estimate of drug-likeness (QED) is 0.835. The molecule has 0 N–H and O–H groups in total. The Morgan fingerprint density at radius 1 is 1.10 bits per heavy atom. The van der Waals surface area contributed by atoms with E-state index in [2.05, 4.69) is 9.89 Å². The number of likely N-dealkylation sites (tertiary alicyclic amines) is 1. The maximum absolute atomic E-state index is 12.7. The summed E-state index contributed by atoms with van der Waals surface area (Å²) in [6.07, 6.45) is 3.64. The first kappa shape index (κ1) is 13.9. The Balaban J connectivity index is 1.75. The smallest absolute Gasteiger partial charge is 0.260 e. The standard InChI is InChI=1S/C16H21N3O2/c1-21-14-7-5-13(6-8-14)15(20)19-12-9-17-16(19)18-10-3-2-4-11-18/h5-8H,2-4,9-12H2,1H3. The van der Waals surface area contributed by atoms with Crippen molar-refractivity contribution in [3.63, 3.8) is 0 Å². The Hall–Kier alpha value is -2.04. The third-order valence-electron chi connectivity index (χ3n) is 4.04. The summed E-state index contributed by atoms with van der Waals surface area (Å²) >= 11 is 0. The van der Waals surface area contributed by atoms with E-state index in [1.54, 1.807) is 7.11 Å². The topological polar surface area (TPSA) is 45.1 Å². The van der Waals surface area contributed by atoms with E-state index >= 15 is 0 Å². The van der Waals surface area contributed by atoms with Crippen molar-refractivity contribution < 1.29 is 9.53 Å². The maximum Gasteiger partial charge on any atom is 0.260 e. The van der Waals surface area contributed by atoms with Gasteiger partial charge in [0.25, 0.3) is 5.91 Å². The number of carbonyl (C=O) groups is 1. The summed E-state index contributed by atoms with van der Waals surface area (Å²) in [6, 6.07) is 7.27. The zero-order valence-corrected chi connectivity index (χ0v) is 12.4. The number of hydrogen-bond acceptors (Lipinski definition) is 4. The highest BCUT2D eigenvalue weighted by Crippen LogP contribution is 2.18. The van der Waals surface area contributed by atoms with Crippen LogP contribution < -0.4 is 4.74 Å². The fourth-order valence-electron chi connectivity index (χ4n) is 2.88. The number of rotatable bonds is 2. The Kier molecular flexibility index (Phi) is 4.08. The van der Waals surface area contributed by atoms with E-state index in [1.165, 1.54) is 19.3 Å². The van der Waals surface area contributed by atoms with Crippen LogP contribution in [0, 0.1) is 0 Å². The molecule has 1 amide bonds. The number of benzene rings is 1. The van der Waals surface area contributed by atoms with Crippen LogP contribution in [-0.4, -0.2) is 55.0 Å². The lowest BCUT2D eigenvalue weighted by molar-refractivity contribution is 0.0841. The van der Waals surface area contributed by atoms with Crippen LogP contribution in [0.3, 0.4) is 0 Å². The van der Waals surface area contributed by atoms with Crippen LogP contribution in [-0.2, 0) is 0 Å². The summed E-state index contributed by atoms with van der Waals surface area (Å²) in [4.78, 5) is 21.3. The van der Waals surface area contributed by atoms with Gasteiger partial charge < -0.3 is 9.64 Å². The molecule has 0 atom stereocenters. The van der Waals surface area contributed by atoms with Crippen LogP contribution >= 0.6 is 0 Å². The van der Waals surface area contributed by atoms with E-state index < -0.39 is 0 Å². The number of nitrogens with zero attached hydrogens (tertiary/aromatic N) is 3. The molecule has 1 fully saturated rings. The molecule has 2 aliphatic rings. The predicted molar refractivity (Wildman–Crippen MR) is 81.8 cm³/mol. The van der Waals surface area contributed by atoms with Crippen molar-refractivity contribution in [2.75, 3.05) is 33.3 Å². The molecule has 21 heavy (non-hydrogen) atoms. The van der Waals surface area contributed by atoms with E-state index in [4.69, 9.17) is 4.74 Å². The zero-order chi connectivity index (χ0) is 14.7. The van der Waals surface area contributed by atoms with Crippen molar-refractivity contribution in [1.29, 1.82) is 0 Å². The molecule has 0 saturated carbocycles. The van der Waals surface area contributed by atoms with Gasteiger partial charge in [-0.2, -0.15) is 0 Å². The molecule has 0 unspecified atom stereocenters. The van der Waals surface area contributed by atoms with Gasteiger partial charge in [0.1, 0.15) is 5.75 Å². The number of carbonyl (C=O) groups excluding carboxylic acids is 1. The van der Waals surface area contributed by atoms with E-state index in [-0.39, 0.29) is 5.91 Å². The lowest BCUT2D eigenvalue weighted by Crippen LogP contribution is -2.46. The van der Waals surface area contributed by atoms with Crippen LogP contribution in [0.25, 0.3) is 0 Å². The highest BCUT2D eigenvalue weighted by atomic mass is 16.5. The fourth-order valence-corrected chi connectivity index (χ4v) is 2.88. The lowest BCUT2D eigenvalue weighted by Gasteiger charge is -2.32. The van der Waals surface area contributed by atoms with Crippen molar-refractivity contribution in [3.8, 4) is 5.75 Å². The molecule has 1 aromatic rings. The molecule has 0 aliphatic carbocycles. The summed E-state index contributed by atoms with van der Waals surface area (Å²) in [7, 11) is 1.62. The average Bonchev–Trinajstić information content (AvgIpc) is 3.04. The van der Waals surface area contributed by atoms with E-state index in [1.807, 2.05) is 29.2 Å². The molecule has 0 spiro atoms. The van der Waals surface area contributed by atoms with Crippen molar-refractivity contribution in [2.45, 2.75) is 19.3 Å². The third kappa shape index (κ3) is 2.86. The number of methoxy groups -OCH3 is 1. The SMILES string of the molecule is COc1ccc(C(=O)N2CCN=C2N2CCCCC2)cc1. The molecule has 0 radical (unpaired) electrons. The van der Waals surface area contributed by atoms with Crippen LogP contribution in [0.1, 0.15) is 29.6 Å². The van der Waals surface area contributed by atoms with Gasteiger partial charge in [0.05, 0.1) is 13.7 Å². The number of amides is 1. The molecule has 112 valence electrons. The summed E-state index contributed by atoms with van der Waals surface area (Å²) < 4.78 is 5.13. The molecule has 0 aromatic heterocycles. The minimum atomic E-state index is 0.0273. The first-order chi connectivity index (χ1) is 10.3. The zero-order valence-electron chi connectivity index (χ0n) is 12.4. The van der Waals surface area contributed by atoms with Gasteiger partial charge in [-0.25, -0.2) is 0 Å². The maximum atomic E-state index is 12.7. The highest BCUT2D eigenvalue weighted by Gasteiger charge is 2.29. The summed E-state index contributed by atoms with van der Waals surface area (Å²) in [5, 5.41) is 0. The second-order valence-electron chi connectivity index (χ2n) is 5.41. The van der Waals surface area contributed by atoms with Gasteiger partial charge in [-0.05, 0) is 43.5 Å². The predicted octanol–water partition coefficient (Wildman–Crippen LogP) is 1.99. The molecule has 1 aromatic carbocycles. The minimum Gasteiger partial charge on any atom is -0.497 e. The normalized spacial score (nSPS) is 18.6. The van der Waals surface area contributed by atoms with Gasteiger partial charge >= 0.3 is 0 Å². The molecular formula is C16H21N3O2. The molecule has 1 saturated heterocycles. The lowest BCUT2D eigenvalue weighted by atomic mass is 10.1. The minimum absolute atomic E-state index is 0.0273. The Bertz CT molecular complexity index is 533. The van der Waals surface area contributed by atoms with Crippen LogP contribution in [0.2, 0.25) is 0 Å². The van der Waals surface area contributed by atoms with Gasteiger partial charge in [0, 0.05) is 25.2 Å². The molecule has 2 heterocycles. The highest BCUT2D eigenvalue weighted by molar-refractivity contribution is 6.06. The van der Waals surface area contributed by atoms with E-state index in [0.717, 1.165) is 24.8 Å². The van der Waals surface area contributed by atoms with Crippen LogP contribution in [0.15, 0.2) is 29.3 Å². The van der Waals surface area contributed by atoms with Gasteiger partial charge in [-0.1, -0.05) is 0 Å². The van der Waals surface area contributed by atoms with Crippen molar-refractivity contribution >= 4 is 11.9 Å². The molecule has 3 rings (SSSR count). The third-order valence-corrected chi connectivity index (χ3v) is 4.04. The fraction of sp³-hybridized carbons (Fsp3) is 0.500. The van der Waals surface area contributed by atoms with E-state index in [0.29, 0.717) is 18.7 Å². The van der Waals surface area contributed by atoms with Gasteiger partial charge in [-0.15, -0.1) is 0 Å². The molecule has 5 heteroatoms. The van der Waals surface area contributed by atoms with E-state index in [9.17, 15) is 4.79 Å². The molecule has 5 nitrogen and oxygen atoms in total. The van der Waals surface area contributed by atoms with Crippen molar-refractivity contribution in [3.05, 3.63) is 29.8 Å². The molecule has 2 aliphatic heterocycles. The summed E-state index contributed by atoms with van der Waals surface area (Å²) in [5.74, 6) is 1.65. The second kappa shape index (κ2) is 6.16. The molecular weight excluding hydrogens is 266 g/mol. The van der Waals surface area contributed by atoms with Gasteiger partial charge in [0.2, 0.25) is 5.96 Å². The van der Waals surface area contributed by atoms with Crippen LogP contribution in [0.5, 0.6) is 5.75 Å². The number of ether oxygens (including phenoxy) is 1. The second-order valence-corrected chi connectivity index (χ2v) is 5.41. The monoisotopic (exact) mass is 287 g/mol. The largest absolute Gasteiger partial charge is 0.497 e. The van der Waals surface area contributed by atoms with Gasteiger partial charge in [0.15, 0.2) is 0 Å². The van der Waals surface area contributed by atoms with Crippen LogP contribution in [0.4, 0.5) is 0 Å². The first-order valence-corrected chi connectivity index (χ1v) is 7.55. The number of aliphatic imine (C=N–C) groups is 1. The van der Waals surface area contributed by atoms with Crippen molar-refractivity contribution in [2.24, 2.45) is 4.99 Å². The summed E-state index contributed by atoms with van der Waals surface area (Å²) in [6.45, 7) is 3.39. The Labute approximate surface area is 125 Å². The number of guanidine groups is 1. The first-order valence-electron chi connectivity index (χ1n) is 7.55. The Morgan fingerprint density at radius 3 is 2.48 bits per heavy atom. The summed E-state index contributed by atoms with van der Waals surface area (Å²) in [5.41, 5.74) is 0.683. The van der Waals surface area contributed by atoms with Gasteiger partial charge in [-0.3, -0.25) is 14.7 Å². The van der Waals surface area contributed by atoms with Crippen molar-refractivity contribution in [1.82, 2.24) is 9.80 Å². The number of hydrogen-bond donors (Lipinski definition) is 0. The average molecular weight is 287 g/mol. The molecule has 0 bridgehead atoms. The number of piperidine rings is 1. The Morgan fingerprint density at radius 2 is 1.81 bits per heavy atom.